The van der Waals surface area contributed by atoms with Gasteiger partial charge in [0, 0.05) is 42.4 Å². The van der Waals surface area contributed by atoms with E-state index in [1.54, 1.807) is 11.1 Å². The van der Waals surface area contributed by atoms with Gasteiger partial charge in [-0.2, -0.15) is 0 Å². The first-order valence-corrected chi connectivity index (χ1v) is 18.7. The van der Waals surface area contributed by atoms with Crippen molar-refractivity contribution in [2.75, 3.05) is 4.90 Å². The van der Waals surface area contributed by atoms with E-state index in [2.05, 4.69) is 144 Å². The highest BCUT2D eigenvalue weighted by Crippen LogP contribution is 2.70. The summed E-state index contributed by atoms with van der Waals surface area (Å²) in [5.41, 5.74) is 12.5. The fourth-order valence-corrected chi connectivity index (χ4v) is 12.3. The zero-order valence-corrected chi connectivity index (χ0v) is 27.8. The van der Waals surface area contributed by atoms with Gasteiger partial charge in [0.2, 0.25) is 0 Å². The lowest BCUT2D eigenvalue weighted by molar-refractivity contribution is -0.0399. The Morgan fingerprint density at radius 3 is 1.98 bits per heavy atom. The van der Waals surface area contributed by atoms with E-state index < -0.39 is 0 Å². The Hall–Kier alpha value is -4.66. The number of thiophene rings is 1. The van der Waals surface area contributed by atoms with Gasteiger partial charge >= 0.3 is 0 Å². The van der Waals surface area contributed by atoms with Crippen molar-refractivity contribution in [2.24, 2.45) is 23.7 Å². The van der Waals surface area contributed by atoms with Crippen molar-refractivity contribution < 1.29 is 0 Å². The number of nitrogens with zero attached hydrogens (tertiary/aromatic N) is 1. The molecule has 6 aromatic carbocycles. The van der Waals surface area contributed by atoms with Crippen LogP contribution in [0, 0.1) is 23.7 Å². The van der Waals surface area contributed by atoms with E-state index in [1.807, 2.05) is 11.3 Å². The van der Waals surface area contributed by atoms with Crippen LogP contribution in [0.2, 0.25) is 0 Å². The third-order valence-corrected chi connectivity index (χ3v) is 13.8. The molecule has 1 spiro atoms. The summed E-state index contributed by atoms with van der Waals surface area (Å²) >= 11 is 1.90. The molecule has 0 atom stereocenters. The van der Waals surface area contributed by atoms with Gasteiger partial charge in [0.1, 0.15) is 0 Å². The summed E-state index contributed by atoms with van der Waals surface area (Å²) in [7, 11) is 0. The second-order valence-electron chi connectivity index (χ2n) is 14.9. The van der Waals surface area contributed by atoms with E-state index >= 15 is 0 Å². The van der Waals surface area contributed by atoms with Gasteiger partial charge in [-0.3, -0.25) is 0 Å². The van der Waals surface area contributed by atoms with Gasteiger partial charge in [0.25, 0.3) is 0 Å². The van der Waals surface area contributed by atoms with Crippen LogP contribution in [0.25, 0.3) is 42.4 Å². The zero-order valence-electron chi connectivity index (χ0n) is 27.0. The Morgan fingerprint density at radius 2 is 1.15 bits per heavy atom. The molecule has 5 aliphatic rings. The van der Waals surface area contributed by atoms with E-state index in [0.29, 0.717) is 0 Å². The predicted molar refractivity (Wildman–Crippen MR) is 203 cm³/mol. The molecule has 4 fully saturated rings. The molecule has 0 radical (unpaired) electrons. The molecule has 1 heterocycles. The van der Waals surface area contributed by atoms with E-state index in [-0.39, 0.29) is 5.41 Å². The highest BCUT2D eigenvalue weighted by Gasteiger charge is 2.61. The predicted octanol–water partition coefficient (Wildman–Crippen LogP) is 12.9. The van der Waals surface area contributed by atoms with Crippen LogP contribution in [-0.4, -0.2) is 0 Å². The molecule has 5 aliphatic carbocycles. The maximum atomic E-state index is 2.59. The van der Waals surface area contributed by atoms with Crippen molar-refractivity contribution in [3.8, 4) is 22.3 Å². The molecular formula is C46H37NS. The van der Waals surface area contributed by atoms with E-state index in [0.717, 1.165) is 23.7 Å². The van der Waals surface area contributed by atoms with Gasteiger partial charge in [-0.05, 0) is 108 Å². The van der Waals surface area contributed by atoms with Crippen LogP contribution >= 0.6 is 11.3 Å². The number of fused-ring (bicyclic) bond motifs is 6. The Bertz CT molecular complexity index is 2350. The number of benzene rings is 6. The molecule has 0 saturated heterocycles. The first-order chi connectivity index (χ1) is 23.8. The molecule has 0 N–H and O–H groups in total. The Morgan fingerprint density at radius 1 is 0.500 bits per heavy atom. The minimum atomic E-state index is 0.134. The van der Waals surface area contributed by atoms with Gasteiger partial charge in [-0.15, -0.1) is 11.3 Å². The summed E-state index contributed by atoms with van der Waals surface area (Å²) in [6, 6.07) is 52.8. The highest BCUT2D eigenvalue weighted by atomic mass is 32.1. The van der Waals surface area contributed by atoms with Crippen LogP contribution in [-0.2, 0) is 5.41 Å². The standard InChI is InChI=1S/C46H37NS/c1-2-11-31(12-3-1)35-13-5-8-18-41(35)47(34-21-22-37-36-14-6-9-20-43(36)48-44(37)28-34)42-19-10-17-40-45(42)38-15-4-7-16-39(38)46(40)32-24-29-23-30(26-32)27-33(46)25-29/h1-22,28-30,32-33H,23-27H2. The minimum Gasteiger partial charge on any atom is -0.309 e. The van der Waals surface area contributed by atoms with Crippen LogP contribution in [0.1, 0.15) is 43.2 Å². The van der Waals surface area contributed by atoms with Crippen molar-refractivity contribution >= 4 is 48.6 Å². The lowest BCUT2D eigenvalue weighted by Crippen LogP contribution is -2.55. The minimum absolute atomic E-state index is 0.134. The van der Waals surface area contributed by atoms with Crippen molar-refractivity contribution in [3.05, 3.63) is 151 Å². The molecule has 4 saturated carbocycles. The third kappa shape index (κ3) is 3.67. The van der Waals surface area contributed by atoms with Crippen LogP contribution in [0.15, 0.2) is 140 Å². The Kier molecular flexibility index (Phi) is 5.79. The zero-order chi connectivity index (χ0) is 31.4. The van der Waals surface area contributed by atoms with Gasteiger partial charge in [0.15, 0.2) is 0 Å². The molecule has 12 rings (SSSR count). The van der Waals surface area contributed by atoms with E-state index in [4.69, 9.17) is 0 Å². The summed E-state index contributed by atoms with van der Waals surface area (Å²) < 4.78 is 2.68. The van der Waals surface area contributed by atoms with Gasteiger partial charge in [-0.1, -0.05) is 109 Å². The monoisotopic (exact) mass is 635 g/mol. The van der Waals surface area contributed by atoms with Gasteiger partial charge < -0.3 is 4.90 Å². The SMILES string of the molecule is c1ccc(-c2ccccc2N(c2ccc3c(c2)sc2ccccc23)c2cccc3c2-c2ccccc2C32C3CC4CC(C3)CC2C4)cc1. The molecule has 4 bridgehead atoms. The number of hydrogen-bond donors (Lipinski definition) is 0. The van der Waals surface area contributed by atoms with Crippen molar-refractivity contribution in [1.29, 1.82) is 0 Å². The summed E-state index contributed by atoms with van der Waals surface area (Å²) in [5, 5.41) is 2.69. The molecule has 1 nitrogen and oxygen atoms in total. The van der Waals surface area contributed by atoms with Crippen LogP contribution in [0.3, 0.4) is 0 Å². The lowest BCUT2D eigenvalue weighted by atomic mass is 9.43. The fraction of sp³-hybridized carbons (Fsp3) is 0.217. The molecule has 232 valence electrons. The number of para-hydroxylation sites is 1. The molecule has 7 aromatic rings. The van der Waals surface area contributed by atoms with Crippen LogP contribution in [0.5, 0.6) is 0 Å². The maximum Gasteiger partial charge on any atom is 0.0543 e. The molecule has 2 heteroatoms. The van der Waals surface area contributed by atoms with E-state index in [9.17, 15) is 0 Å². The van der Waals surface area contributed by atoms with E-state index in [1.165, 1.54) is 91.6 Å². The Labute approximate surface area is 286 Å². The molecule has 48 heavy (non-hydrogen) atoms. The fourth-order valence-electron chi connectivity index (χ4n) is 11.2. The first kappa shape index (κ1) is 27.3. The second kappa shape index (κ2) is 10.2. The van der Waals surface area contributed by atoms with Crippen LogP contribution < -0.4 is 4.90 Å². The van der Waals surface area contributed by atoms with Gasteiger partial charge in [-0.25, -0.2) is 0 Å². The molecular weight excluding hydrogens is 599 g/mol. The number of rotatable bonds is 4. The summed E-state index contributed by atoms with van der Waals surface area (Å²) in [6.45, 7) is 0. The highest BCUT2D eigenvalue weighted by molar-refractivity contribution is 7.25. The maximum absolute atomic E-state index is 2.59. The normalized spacial score (nSPS) is 24.8. The number of anilines is 3. The quantitative estimate of drug-likeness (QED) is 0.186. The van der Waals surface area contributed by atoms with Gasteiger partial charge in [0.05, 0.1) is 11.4 Å². The smallest absolute Gasteiger partial charge is 0.0543 e. The average Bonchev–Trinajstić information content (AvgIpc) is 3.65. The third-order valence-electron chi connectivity index (χ3n) is 12.6. The van der Waals surface area contributed by atoms with Crippen molar-refractivity contribution in [1.82, 2.24) is 0 Å². The average molecular weight is 636 g/mol. The van der Waals surface area contributed by atoms with Crippen LogP contribution in [0.4, 0.5) is 17.1 Å². The summed E-state index contributed by atoms with van der Waals surface area (Å²) in [5.74, 6) is 3.34. The second-order valence-corrected chi connectivity index (χ2v) is 16.0. The van der Waals surface area contributed by atoms with Crippen molar-refractivity contribution in [2.45, 2.75) is 37.5 Å². The number of hydrogen-bond acceptors (Lipinski definition) is 2. The van der Waals surface area contributed by atoms with Crippen molar-refractivity contribution in [3.63, 3.8) is 0 Å². The first-order valence-electron chi connectivity index (χ1n) is 17.9. The Balaban J connectivity index is 1.20. The molecule has 0 amide bonds. The largest absolute Gasteiger partial charge is 0.309 e. The lowest BCUT2D eigenvalue weighted by Gasteiger charge is -2.61. The topological polar surface area (TPSA) is 3.24 Å². The molecule has 0 aliphatic heterocycles. The molecule has 1 aromatic heterocycles. The summed E-state index contributed by atoms with van der Waals surface area (Å²) in [6.07, 6.45) is 7.06. The summed E-state index contributed by atoms with van der Waals surface area (Å²) in [4.78, 5) is 2.59. The molecule has 0 unspecified atom stereocenters.